The van der Waals surface area contributed by atoms with E-state index >= 15 is 4.39 Å². The molecule has 0 bridgehead atoms. The Balaban J connectivity index is 0.00000441. The Bertz CT molecular complexity index is 2700. The Kier molecular flexibility index (Phi) is 9.98. The van der Waals surface area contributed by atoms with E-state index in [2.05, 4.69) is 91.8 Å². The van der Waals surface area contributed by atoms with E-state index in [9.17, 15) is 4.39 Å². The Hall–Kier alpha value is -5.78. The number of anilines is 4. The van der Waals surface area contributed by atoms with Gasteiger partial charge in [-0.2, -0.15) is 6.07 Å². The Labute approximate surface area is 340 Å². The van der Waals surface area contributed by atoms with Crippen LogP contribution in [0.3, 0.4) is 0 Å². The fourth-order valence-electron chi connectivity index (χ4n) is 7.34. The summed E-state index contributed by atoms with van der Waals surface area (Å²) in [4.78, 5) is 8.38. The van der Waals surface area contributed by atoms with Gasteiger partial charge < -0.3 is 19.1 Å². The molecule has 1 aliphatic rings. The number of hydrogen-bond donors (Lipinski definition) is 0. The van der Waals surface area contributed by atoms with Crippen molar-refractivity contribution >= 4 is 44.6 Å². The molecule has 6 aromatic carbocycles. The quantitative estimate of drug-likeness (QED) is 0.142. The van der Waals surface area contributed by atoms with Gasteiger partial charge in [-0.05, 0) is 76.4 Å². The maximum atomic E-state index is 15.3. The van der Waals surface area contributed by atoms with Gasteiger partial charge in [0.15, 0.2) is 0 Å². The van der Waals surface area contributed by atoms with Gasteiger partial charge in [0.05, 0.1) is 0 Å². The van der Waals surface area contributed by atoms with Gasteiger partial charge in [-0.1, -0.05) is 87.8 Å². The van der Waals surface area contributed by atoms with Crippen LogP contribution in [-0.2, 0) is 21.1 Å². The maximum Gasteiger partial charge on any atom is 0.147 e. The molecule has 0 fully saturated rings. The van der Waals surface area contributed by atoms with Crippen molar-refractivity contribution in [2.45, 2.75) is 39.5 Å². The number of pyridine rings is 1. The van der Waals surface area contributed by atoms with Crippen molar-refractivity contribution in [2.24, 2.45) is 0 Å². The Morgan fingerprint density at radius 1 is 0.625 bits per heavy atom. The van der Waals surface area contributed by atoms with E-state index in [1.165, 1.54) is 23.3 Å². The minimum atomic E-state index is -0.657. The molecule has 9 rings (SSSR count). The van der Waals surface area contributed by atoms with Crippen molar-refractivity contribution in [3.63, 3.8) is 0 Å². The maximum absolute atomic E-state index is 15.3. The fraction of sp³-hybridized carbons (Fsp3) is 0.125. The zero-order chi connectivity index (χ0) is 37.8. The Morgan fingerprint density at radius 3 is 2.04 bits per heavy atom. The van der Waals surface area contributed by atoms with E-state index in [4.69, 9.17) is 4.74 Å². The van der Waals surface area contributed by atoms with E-state index < -0.39 is 11.6 Å². The first-order valence-corrected chi connectivity index (χ1v) is 18.5. The van der Waals surface area contributed by atoms with E-state index in [0.717, 1.165) is 56.2 Å². The molecule has 0 N–H and O–H groups in total. The molecule has 0 spiro atoms. The number of fused-ring (bicyclic) bond motifs is 4. The molecule has 2 aromatic heterocycles. The molecule has 282 valence electrons. The monoisotopic (exact) mass is 918 g/mol. The summed E-state index contributed by atoms with van der Waals surface area (Å²) in [6.45, 7) is 10.6. The summed E-state index contributed by atoms with van der Waals surface area (Å²) in [6, 6.07) is 47.4. The molecule has 0 aliphatic carbocycles. The second-order valence-corrected chi connectivity index (χ2v) is 14.5. The van der Waals surface area contributed by atoms with Crippen molar-refractivity contribution < 1.29 is 34.6 Å². The molecule has 8 heteroatoms. The number of ether oxygens (including phenoxy) is 1. The van der Waals surface area contributed by atoms with Crippen LogP contribution in [0.15, 0.2) is 134 Å². The van der Waals surface area contributed by atoms with Gasteiger partial charge in [-0.3, -0.25) is 0 Å². The molecule has 0 unspecified atom stereocenters. The Morgan fingerprint density at radius 2 is 1.32 bits per heavy atom. The average molecular weight is 919 g/mol. The van der Waals surface area contributed by atoms with Crippen LogP contribution in [0.1, 0.15) is 50.7 Å². The number of halogens is 2. The topological polar surface area (TPSA) is 33.5 Å². The summed E-state index contributed by atoms with van der Waals surface area (Å²) in [5.74, 6) is 1.16. The molecule has 0 atom stereocenters. The molecule has 0 amide bonds. The van der Waals surface area contributed by atoms with Gasteiger partial charge in [-0.15, -0.1) is 53.6 Å². The standard InChI is InChI=1S/C48H37F2N4O.Pt/c1-30(2)32-21-33(31(3)4)23-34(22-32)35-24-37(52-29-53(46-14-8-7-13-45(46)52)44-19-16-36(49)26-42(44)50)27-39(25-35)55-38-17-18-41-40-11-5-6-12-43(40)54(47(41)28-38)48-15-9-10-20-51-48;/h5-26,29-31H,1-4H3;/q-3;. The molecule has 0 radical (unpaired) electrons. The van der Waals surface area contributed by atoms with Gasteiger partial charge in [-0.25, -0.2) is 13.8 Å². The number of benzene rings is 6. The first-order chi connectivity index (χ1) is 26.7. The smallest absolute Gasteiger partial charge is 0.147 e. The van der Waals surface area contributed by atoms with Gasteiger partial charge >= 0.3 is 0 Å². The normalized spacial score (nSPS) is 12.5. The van der Waals surface area contributed by atoms with E-state index in [1.54, 1.807) is 11.1 Å². The third-order valence-corrected chi connectivity index (χ3v) is 10.2. The SMILES string of the molecule is CC(C)c1cc(-c2cc(Oc3[c-]c4c(cc3)c3ccccc3n4-c3ccccn3)[c-]c(N3[CH-]N(c4ccc(F)cc4F)c4ccccc43)c2)cc(C(C)C)c1.[Pt]. The van der Waals surface area contributed by atoms with Crippen LogP contribution < -0.4 is 14.5 Å². The summed E-state index contributed by atoms with van der Waals surface area (Å²) in [5, 5.41) is 2.13. The predicted octanol–water partition coefficient (Wildman–Crippen LogP) is 13.2. The number of para-hydroxylation sites is 3. The third-order valence-electron chi connectivity index (χ3n) is 10.2. The molecule has 5 nitrogen and oxygen atoms in total. The first kappa shape index (κ1) is 37.2. The van der Waals surface area contributed by atoms with Crippen molar-refractivity contribution in [1.29, 1.82) is 0 Å². The van der Waals surface area contributed by atoms with Gasteiger partial charge in [0, 0.05) is 67.4 Å². The summed E-state index contributed by atoms with van der Waals surface area (Å²) in [7, 11) is 0. The third kappa shape index (κ3) is 6.75. The second kappa shape index (κ2) is 15.0. The fourth-order valence-corrected chi connectivity index (χ4v) is 7.34. The van der Waals surface area contributed by atoms with Crippen LogP contribution in [0.25, 0.3) is 38.8 Å². The number of nitrogens with zero attached hydrogens (tertiary/aromatic N) is 4. The number of rotatable bonds is 8. The van der Waals surface area contributed by atoms with Crippen LogP contribution in [0.2, 0.25) is 0 Å². The van der Waals surface area contributed by atoms with Crippen LogP contribution in [0, 0.1) is 30.4 Å². The van der Waals surface area contributed by atoms with Crippen LogP contribution >= 0.6 is 0 Å². The van der Waals surface area contributed by atoms with Crippen molar-refractivity contribution in [3.8, 4) is 28.4 Å². The molecule has 0 saturated carbocycles. The van der Waals surface area contributed by atoms with E-state index in [0.29, 0.717) is 29.0 Å². The van der Waals surface area contributed by atoms with Crippen LogP contribution in [0.4, 0.5) is 31.5 Å². The zero-order valence-corrected chi connectivity index (χ0v) is 33.5. The van der Waals surface area contributed by atoms with Gasteiger partial charge in [0.25, 0.3) is 0 Å². The van der Waals surface area contributed by atoms with Gasteiger partial charge in [0.1, 0.15) is 17.5 Å². The molecular formula is C48H37F2N4OPt-3. The number of hydrogen-bond acceptors (Lipinski definition) is 4. The van der Waals surface area contributed by atoms with E-state index in [-0.39, 0.29) is 26.8 Å². The zero-order valence-electron chi connectivity index (χ0n) is 31.2. The van der Waals surface area contributed by atoms with Gasteiger partial charge in [0.2, 0.25) is 0 Å². The molecule has 0 saturated heterocycles. The molecule has 1 aliphatic heterocycles. The van der Waals surface area contributed by atoms with E-state index in [1.807, 2.05) is 78.3 Å². The minimum absolute atomic E-state index is 0. The van der Waals surface area contributed by atoms with Crippen molar-refractivity contribution in [2.75, 3.05) is 9.80 Å². The summed E-state index contributed by atoms with van der Waals surface area (Å²) in [6.07, 6.45) is 1.79. The molecule has 3 heterocycles. The summed E-state index contributed by atoms with van der Waals surface area (Å²) < 4.78 is 38.1. The summed E-state index contributed by atoms with van der Waals surface area (Å²) >= 11 is 0. The predicted molar refractivity (Wildman–Crippen MR) is 218 cm³/mol. The molecule has 56 heavy (non-hydrogen) atoms. The second-order valence-electron chi connectivity index (χ2n) is 14.5. The van der Waals surface area contributed by atoms with Crippen LogP contribution in [0.5, 0.6) is 11.5 Å². The average Bonchev–Trinajstić information content (AvgIpc) is 3.74. The van der Waals surface area contributed by atoms with Crippen molar-refractivity contribution in [3.05, 3.63) is 175 Å². The van der Waals surface area contributed by atoms with Crippen molar-refractivity contribution in [1.82, 2.24) is 9.55 Å². The molecule has 8 aromatic rings. The largest absolute Gasteiger partial charge is 0.509 e. The minimum Gasteiger partial charge on any atom is -0.509 e. The van der Waals surface area contributed by atoms with Crippen LogP contribution in [-0.4, -0.2) is 9.55 Å². The number of aromatic nitrogens is 2. The molecular weight excluding hydrogens is 882 g/mol. The first-order valence-electron chi connectivity index (χ1n) is 18.5. The summed E-state index contributed by atoms with van der Waals surface area (Å²) in [5.41, 5.74) is 8.85.